The van der Waals surface area contributed by atoms with E-state index in [2.05, 4.69) is 21.0 Å². The van der Waals surface area contributed by atoms with Crippen molar-refractivity contribution in [3.05, 3.63) is 65.7 Å². The molecule has 5 rings (SSSR count). The van der Waals surface area contributed by atoms with E-state index in [1.165, 1.54) is 6.07 Å². The molecule has 7 heteroatoms. The molecule has 178 valence electrons. The van der Waals surface area contributed by atoms with Gasteiger partial charge in [-0.25, -0.2) is 4.39 Å². The number of aromatic nitrogens is 1. The van der Waals surface area contributed by atoms with Crippen LogP contribution in [0.4, 0.5) is 10.1 Å². The monoisotopic (exact) mass is 463 g/mol. The Morgan fingerprint density at radius 3 is 2.65 bits per heavy atom. The summed E-state index contributed by atoms with van der Waals surface area (Å²) in [4.78, 5) is 18.1. The molecule has 3 aromatic rings. The molecule has 2 heterocycles. The van der Waals surface area contributed by atoms with E-state index in [9.17, 15) is 9.18 Å². The highest BCUT2D eigenvalue weighted by molar-refractivity contribution is 6.04. The van der Waals surface area contributed by atoms with Crippen LogP contribution in [-0.2, 0) is 6.42 Å². The van der Waals surface area contributed by atoms with Crippen LogP contribution in [0.2, 0.25) is 0 Å². The number of benzene rings is 2. The predicted molar refractivity (Wildman–Crippen MR) is 129 cm³/mol. The lowest BCUT2D eigenvalue weighted by Crippen LogP contribution is -2.46. The van der Waals surface area contributed by atoms with E-state index in [1.54, 1.807) is 25.3 Å². The Hall–Kier alpha value is -3.19. The molecule has 0 N–H and O–H groups in total. The molecule has 1 aliphatic carbocycles. The van der Waals surface area contributed by atoms with Crippen molar-refractivity contribution in [3.8, 4) is 17.0 Å². The van der Waals surface area contributed by atoms with Gasteiger partial charge in [-0.2, -0.15) is 0 Å². The standard InChI is InChI=1S/C27H30FN3O3/c1-33-23-11-5-4-10-22(23)31-17-15-30(16-18-31)14-6-7-19-12-13-24-25(27(19)32)26(29-34-24)20-8-2-3-9-21(20)28/h2-5,8-11,19H,6-7,12-18H2,1H3. The van der Waals surface area contributed by atoms with Gasteiger partial charge in [-0.1, -0.05) is 29.4 Å². The van der Waals surface area contributed by atoms with Crippen LogP contribution in [0.1, 0.15) is 35.4 Å². The summed E-state index contributed by atoms with van der Waals surface area (Å²) in [6.45, 7) is 4.87. The maximum Gasteiger partial charge on any atom is 0.171 e. The summed E-state index contributed by atoms with van der Waals surface area (Å²) in [5.41, 5.74) is 2.30. The molecule has 1 saturated heterocycles. The lowest BCUT2D eigenvalue weighted by molar-refractivity contribution is 0.0884. The van der Waals surface area contributed by atoms with Crippen LogP contribution in [-0.4, -0.2) is 55.7 Å². The number of methoxy groups -OCH3 is 1. The molecular formula is C27H30FN3O3. The smallest absolute Gasteiger partial charge is 0.171 e. The van der Waals surface area contributed by atoms with Crippen LogP contribution < -0.4 is 9.64 Å². The van der Waals surface area contributed by atoms with E-state index >= 15 is 0 Å². The quantitative estimate of drug-likeness (QED) is 0.500. The van der Waals surface area contributed by atoms with E-state index in [0.717, 1.165) is 63.4 Å². The third-order valence-electron chi connectivity index (χ3n) is 7.05. The molecule has 2 aromatic carbocycles. The Bertz CT molecular complexity index is 1150. The first kappa shape index (κ1) is 22.6. The maximum absolute atomic E-state index is 14.3. The number of carbonyl (C=O) groups excluding carboxylic acids is 1. The number of fused-ring (bicyclic) bond motifs is 1. The largest absolute Gasteiger partial charge is 0.495 e. The lowest BCUT2D eigenvalue weighted by Gasteiger charge is -2.36. The summed E-state index contributed by atoms with van der Waals surface area (Å²) in [7, 11) is 1.71. The summed E-state index contributed by atoms with van der Waals surface area (Å²) >= 11 is 0. The Labute approximate surface area is 199 Å². The SMILES string of the molecule is COc1ccccc1N1CCN(CCCC2CCc3onc(-c4ccccc4F)c3C2=O)CC1. The number of ether oxygens (including phenoxy) is 1. The zero-order chi connectivity index (χ0) is 23.5. The molecule has 1 fully saturated rings. The summed E-state index contributed by atoms with van der Waals surface area (Å²) in [5, 5.41) is 4.05. The summed E-state index contributed by atoms with van der Waals surface area (Å²) in [6, 6.07) is 14.6. The lowest BCUT2D eigenvalue weighted by atomic mass is 9.82. The summed E-state index contributed by atoms with van der Waals surface area (Å²) in [5.74, 6) is 1.09. The average molecular weight is 464 g/mol. The molecule has 0 radical (unpaired) electrons. The summed E-state index contributed by atoms with van der Waals surface area (Å²) in [6.07, 6.45) is 3.22. The zero-order valence-electron chi connectivity index (χ0n) is 19.5. The first-order chi connectivity index (χ1) is 16.7. The fourth-order valence-electron chi connectivity index (χ4n) is 5.17. The van der Waals surface area contributed by atoms with Crippen LogP contribution in [0.15, 0.2) is 53.1 Å². The number of Topliss-reactive ketones (excluding diaryl/α,β-unsaturated/α-hetero) is 1. The molecule has 1 atom stereocenters. The number of halogens is 1. The third-order valence-corrected chi connectivity index (χ3v) is 7.05. The number of carbonyl (C=O) groups is 1. The Morgan fingerprint density at radius 2 is 1.85 bits per heavy atom. The molecule has 6 nitrogen and oxygen atoms in total. The van der Waals surface area contributed by atoms with E-state index in [-0.39, 0.29) is 17.5 Å². The molecule has 1 aromatic heterocycles. The van der Waals surface area contributed by atoms with Crippen molar-refractivity contribution in [1.29, 1.82) is 0 Å². The van der Waals surface area contributed by atoms with Crippen LogP contribution in [0.25, 0.3) is 11.3 Å². The molecule has 0 bridgehead atoms. The van der Waals surface area contributed by atoms with E-state index in [0.29, 0.717) is 29.0 Å². The molecule has 0 spiro atoms. The number of para-hydroxylation sites is 2. The number of ketones is 1. The Balaban J connectivity index is 1.16. The number of nitrogens with zero attached hydrogens (tertiary/aromatic N) is 3. The van der Waals surface area contributed by atoms with Gasteiger partial charge >= 0.3 is 0 Å². The van der Waals surface area contributed by atoms with Crippen molar-refractivity contribution < 1.29 is 18.4 Å². The summed E-state index contributed by atoms with van der Waals surface area (Å²) < 4.78 is 25.3. The molecule has 0 saturated carbocycles. The number of aryl methyl sites for hydroxylation is 1. The highest BCUT2D eigenvalue weighted by Crippen LogP contribution is 2.36. The zero-order valence-corrected chi connectivity index (χ0v) is 19.5. The number of rotatable bonds is 7. The van der Waals surface area contributed by atoms with Crippen molar-refractivity contribution in [1.82, 2.24) is 10.1 Å². The second-order valence-corrected chi connectivity index (χ2v) is 9.05. The van der Waals surface area contributed by atoms with Crippen LogP contribution >= 0.6 is 0 Å². The number of anilines is 1. The first-order valence-electron chi connectivity index (χ1n) is 12.0. The van der Waals surface area contributed by atoms with Crippen molar-refractivity contribution in [2.75, 3.05) is 44.7 Å². The maximum atomic E-state index is 14.3. The molecule has 1 unspecified atom stereocenters. The van der Waals surface area contributed by atoms with E-state index in [4.69, 9.17) is 9.26 Å². The van der Waals surface area contributed by atoms with Gasteiger partial charge in [-0.15, -0.1) is 0 Å². The highest BCUT2D eigenvalue weighted by Gasteiger charge is 2.34. The van der Waals surface area contributed by atoms with E-state index < -0.39 is 0 Å². The number of hydrogen-bond donors (Lipinski definition) is 0. The molecule has 2 aliphatic rings. The molecular weight excluding hydrogens is 433 g/mol. The van der Waals surface area contributed by atoms with Gasteiger partial charge in [-0.05, 0) is 50.1 Å². The molecule has 1 aliphatic heterocycles. The van der Waals surface area contributed by atoms with Crippen LogP contribution in [0, 0.1) is 11.7 Å². The topological polar surface area (TPSA) is 58.8 Å². The van der Waals surface area contributed by atoms with Gasteiger partial charge in [0, 0.05) is 44.1 Å². The van der Waals surface area contributed by atoms with Gasteiger partial charge in [0.25, 0.3) is 0 Å². The van der Waals surface area contributed by atoms with Crippen molar-refractivity contribution in [2.45, 2.75) is 25.7 Å². The van der Waals surface area contributed by atoms with Crippen LogP contribution in [0.3, 0.4) is 0 Å². The number of hydrogen-bond acceptors (Lipinski definition) is 6. The second kappa shape index (κ2) is 9.97. The van der Waals surface area contributed by atoms with Crippen molar-refractivity contribution in [3.63, 3.8) is 0 Å². The molecule has 34 heavy (non-hydrogen) atoms. The van der Waals surface area contributed by atoms with Gasteiger partial charge in [0.15, 0.2) is 5.78 Å². The second-order valence-electron chi connectivity index (χ2n) is 9.05. The van der Waals surface area contributed by atoms with Crippen molar-refractivity contribution >= 4 is 11.5 Å². The minimum absolute atomic E-state index is 0.0433. The molecule has 0 amide bonds. The minimum atomic E-state index is -0.388. The Morgan fingerprint density at radius 1 is 1.09 bits per heavy atom. The number of piperazine rings is 1. The minimum Gasteiger partial charge on any atom is -0.495 e. The van der Waals surface area contributed by atoms with Gasteiger partial charge in [0.2, 0.25) is 0 Å². The van der Waals surface area contributed by atoms with Crippen LogP contribution in [0.5, 0.6) is 5.75 Å². The first-order valence-corrected chi connectivity index (χ1v) is 12.0. The van der Waals surface area contributed by atoms with Gasteiger partial charge < -0.3 is 14.2 Å². The van der Waals surface area contributed by atoms with Gasteiger partial charge in [-0.3, -0.25) is 9.69 Å². The fourth-order valence-corrected chi connectivity index (χ4v) is 5.17. The van der Waals surface area contributed by atoms with Gasteiger partial charge in [0.05, 0.1) is 18.4 Å². The third kappa shape index (κ3) is 4.44. The fraction of sp³-hybridized carbons (Fsp3) is 0.407. The highest BCUT2D eigenvalue weighted by atomic mass is 19.1. The Kier molecular flexibility index (Phi) is 6.63. The van der Waals surface area contributed by atoms with Gasteiger partial charge in [0.1, 0.15) is 23.0 Å². The predicted octanol–water partition coefficient (Wildman–Crippen LogP) is 4.84. The normalized spacial score (nSPS) is 18.7. The van der Waals surface area contributed by atoms with E-state index in [1.807, 2.05) is 18.2 Å². The van der Waals surface area contributed by atoms with Crippen molar-refractivity contribution in [2.24, 2.45) is 5.92 Å². The average Bonchev–Trinajstić information content (AvgIpc) is 3.31.